The standard InChI is InChI=1S/C15H20N2O2/c1-10-5-6-17(15(10)9-18)14-7-12(8-16)3-4-13(14)11(2)19/h3-4,7,10-11,15,18-19H,5-6,9H2,1-2H3. The van der Waals surface area contributed by atoms with Gasteiger partial charge in [0, 0.05) is 17.8 Å². The zero-order valence-electron chi connectivity index (χ0n) is 11.4. The number of rotatable bonds is 3. The van der Waals surface area contributed by atoms with Crippen molar-refractivity contribution in [3.8, 4) is 6.07 Å². The molecule has 3 unspecified atom stereocenters. The molecule has 1 heterocycles. The summed E-state index contributed by atoms with van der Waals surface area (Å²) in [5, 5.41) is 28.5. The van der Waals surface area contributed by atoms with Gasteiger partial charge in [-0.2, -0.15) is 5.26 Å². The van der Waals surface area contributed by atoms with E-state index in [-0.39, 0.29) is 12.6 Å². The van der Waals surface area contributed by atoms with Crippen LogP contribution in [0, 0.1) is 17.2 Å². The van der Waals surface area contributed by atoms with Crippen LogP contribution in [-0.2, 0) is 0 Å². The Labute approximate surface area is 113 Å². The third-order valence-corrected chi connectivity index (χ3v) is 3.99. The van der Waals surface area contributed by atoms with Crippen molar-refractivity contribution < 1.29 is 10.2 Å². The number of aliphatic hydroxyl groups is 2. The molecule has 0 amide bonds. The maximum absolute atomic E-state index is 9.88. The predicted octanol–water partition coefficient (Wildman–Crippen LogP) is 1.82. The Morgan fingerprint density at radius 2 is 2.26 bits per heavy atom. The summed E-state index contributed by atoms with van der Waals surface area (Å²) < 4.78 is 0. The molecular formula is C15H20N2O2. The number of nitrogens with zero attached hydrogens (tertiary/aromatic N) is 2. The lowest BCUT2D eigenvalue weighted by Gasteiger charge is -2.30. The van der Waals surface area contributed by atoms with Crippen LogP contribution in [0.5, 0.6) is 0 Å². The van der Waals surface area contributed by atoms with Gasteiger partial charge < -0.3 is 15.1 Å². The summed E-state index contributed by atoms with van der Waals surface area (Å²) in [6, 6.07) is 7.52. The minimum absolute atomic E-state index is 0.0615. The molecule has 4 heteroatoms. The first-order chi connectivity index (χ1) is 9.08. The van der Waals surface area contributed by atoms with Crippen LogP contribution >= 0.6 is 0 Å². The van der Waals surface area contributed by atoms with E-state index in [4.69, 9.17) is 5.26 Å². The molecule has 102 valence electrons. The van der Waals surface area contributed by atoms with Crippen LogP contribution in [0.15, 0.2) is 18.2 Å². The first-order valence-electron chi connectivity index (χ1n) is 6.68. The van der Waals surface area contributed by atoms with Gasteiger partial charge >= 0.3 is 0 Å². The molecule has 19 heavy (non-hydrogen) atoms. The van der Waals surface area contributed by atoms with Crippen molar-refractivity contribution in [3.63, 3.8) is 0 Å². The summed E-state index contributed by atoms with van der Waals surface area (Å²) in [5.41, 5.74) is 2.26. The van der Waals surface area contributed by atoms with Gasteiger partial charge in [-0.1, -0.05) is 13.0 Å². The van der Waals surface area contributed by atoms with E-state index in [1.807, 2.05) is 6.07 Å². The number of aliphatic hydroxyl groups excluding tert-OH is 2. The zero-order valence-corrected chi connectivity index (χ0v) is 11.4. The summed E-state index contributed by atoms with van der Waals surface area (Å²) in [5.74, 6) is 0.414. The van der Waals surface area contributed by atoms with Crippen LogP contribution in [0.1, 0.15) is 37.5 Å². The first kappa shape index (κ1) is 13.9. The molecule has 0 saturated carbocycles. The van der Waals surface area contributed by atoms with Crippen LogP contribution in [0.2, 0.25) is 0 Å². The molecule has 1 aromatic rings. The summed E-state index contributed by atoms with van der Waals surface area (Å²) in [4.78, 5) is 2.12. The second kappa shape index (κ2) is 5.60. The Bertz CT molecular complexity index is 493. The van der Waals surface area contributed by atoms with Crippen LogP contribution in [0.4, 0.5) is 5.69 Å². The minimum atomic E-state index is -0.585. The van der Waals surface area contributed by atoms with Gasteiger partial charge in [-0.3, -0.25) is 0 Å². The normalized spacial score (nSPS) is 24.3. The first-order valence-corrected chi connectivity index (χ1v) is 6.68. The average Bonchev–Trinajstić information content (AvgIpc) is 2.78. The topological polar surface area (TPSA) is 67.5 Å². The molecule has 1 fully saturated rings. The number of anilines is 1. The highest BCUT2D eigenvalue weighted by atomic mass is 16.3. The molecule has 0 radical (unpaired) electrons. The van der Waals surface area contributed by atoms with Crippen molar-refractivity contribution in [2.24, 2.45) is 5.92 Å². The lowest BCUT2D eigenvalue weighted by atomic mass is 10.0. The van der Waals surface area contributed by atoms with Crippen molar-refractivity contribution in [2.45, 2.75) is 32.4 Å². The Morgan fingerprint density at radius 1 is 1.53 bits per heavy atom. The highest BCUT2D eigenvalue weighted by molar-refractivity contribution is 5.60. The molecule has 1 saturated heterocycles. The maximum Gasteiger partial charge on any atom is 0.0992 e. The molecule has 0 spiro atoms. The second-order valence-corrected chi connectivity index (χ2v) is 5.27. The lowest BCUT2D eigenvalue weighted by molar-refractivity contribution is 0.199. The molecule has 3 atom stereocenters. The Kier molecular flexibility index (Phi) is 4.08. The van der Waals surface area contributed by atoms with Gasteiger partial charge in [-0.15, -0.1) is 0 Å². The Morgan fingerprint density at radius 3 is 2.84 bits per heavy atom. The minimum Gasteiger partial charge on any atom is -0.394 e. The zero-order chi connectivity index (χ0) is 14.0. The quantitative estimate of drug-likeness (QED) is 0.870. The van der Waals surface area contributed by atoms with Gasteiger partial charge in [0.15, 0.2) is 0 Å². The summed E-state index contributed by atoms with van der Waals surface area (Å²) in [7, 11) is 0. The van der Waals surface area contributed by atoms with Crippen molar-refractivity contribution in [1.29, 1.82) is 5.26 Å². The third-order valence-electron chi connectivity index (χ3n) is 3.99. The predicted molar refractivity (Wildman–Crippen MR) is 73.8 cm³/mol. The molecular weight excluding hydrogens is 240 g/mol. The lowest BCUT2D eigenvalue weighted by Crippen LogP contribution is -2.36. The van der Waals surface area contributed by atoms with Gasteiger partial charge in [0.2, 0.25) is 0 Å². The summed E-state index contributed by atoms with van der Waals surface area (Å²) in [6.45, 7) is 4.79. The van der Waals surface area contributed by atoms with E-state index in [9.17, 15) is 10.2 Å². The van der Waals surface area contributed by atoms with E-state index in [1.54, 1.807) is 19.1 Å². The fraction of sp³-hybridized carbons (Fsp3) is 0.533. The number of hydrogen-bond acceptors (Lipinski definition) is 4. The van der Waals surface area contributed by atoms with Gasteiger partial charge in [-0.25, -0.2) is 0 Å². The van der Waals surface area contributed by atoms with Gasteiger partial charge in [0.05, 0.1) is 30.4 Å². The summed E-state index contributed by atoms with van der Waals surface area (Å²) >= 11 is 0. The van der Waals surface area contributed by atoms with E-state index in [0.29, 0.717) is 11.5 Å². The molecule has 2 N–H and O–H groups in total. The molecule has 0 bridgehead atoms. The average molecular weight is 260 g/mol. The van der Waals surface area contributed by atoms with Crippen molar-refractivity contribution in [2.75, 3.05) is 18.1 Å². The molecule has 1 aliphatic heterocycles. The molecule has 0 aromatic heterocycles. The van der Waals surface area contributed by atoms with E-state index >= 15 is 0 Å². The number of benzene rings is 1. The Hall–Kier alpha value is -1.57. The second-order valence-electron chi connectivity index (χ2n) is 5.27. The smallest absolute Gasteiger partial charge is 0.0992 e. The Balaban J connectivity index is 2.45. The van der Waals surface area contributed by atoms with E-state index in [2.05, 4.69) is 17.9 Å². The highest BCUT2D eigenvalue weighted by Crippen LogP contribution is 2.34. The highest BCUT2D eigenvalue weighted by Gasteiger charge is 2.32. The summed E-state index contributed by atoms with van der Waals surface area (Å²) in [6.07, 6.45) is 0.430. The van der Waals surface area contributed by atoms with E-state index in [1.165, 1.54) is 0 Å². The fourth-order valence-electron chi connectivity index (χ4n) is 2.80. The van der Waals surface area contributed by atoms with Crippen molar-refractivity contribution in [1.82, 2.24) is 0 Å². The maximum atomic E-state index is 9.88. The fourth-order valence-corrected chi connectivity index (χ4v) is 2.80. The molecule has 4 nitrogen and oxygen atoms in total. The molecule has 1 aromatic carbocycles. The van der Waals surface area contributed by atoms with Crippen LogP contribution in [0.3, 0.4) is 0 Å². The van der Waals surface area contributed by atoms with Crippen LogP contribution in [-0.4, -0.2) is 29.4 Å². The van der Waals surface area contributed by atoms with Gasteiger partial charge in [0.25, 0.3) is 0 Å². The van der Waals surface area contributed by atoms with E-state index < -0.39 is 6.10 Å². The van der Waals surface area contributed by atoms with Crippen LogP contribution in [0.25, 0.3) is 0 Å². The van der Waals surface area contributed by atoms with Crippen molar-refractivity contribution in [3.05, 3.63) is 29.3 Å². The molecule has 0 aliphatic carbocycles. The van der Waals surface area contributed by atoms with Gasteiger partial charge in [-0.05, 0) is 31.4 Å². The monoisotopic (exact) mass is 260 g/mol. The SMILES string of the molecule is CC(O)c1ccc(C#N)cc1N1CCC(C)C1CO. The largest absolute Gasteiger partial charge is 0.394 e. The van der Waals surface area contributed by atoms with Crippen molar-refractivity contribution >= 4 is 5.69 Å². The van der Waals surface area contributed by atoms with Gasteiger partial charge in [0.1, 0.15) is 0 Å². The molecule has 2 rings (SSSR count). The number of hydrogen-bond donors (Lipinski definition) is 2. The van der Waals surface area contributed by atoms with E-state index in [0.717, 1.165) is 24.2 Å². The van der Waals surface area contributed by atoms with Crippen LogP contribution < -0.4 is 4.90 Å². The number of nitriles is 1. The third kappa shape index (κ3) is 2.58. The molecule has 1 aliphatic rings.